The van der Waals surface area contributed by atoms with E-state index >= 15 is 0 Å². The molecule has 0 aliphatic heterocycles. The van der Waals surface area contributed by atoms with Crippen molar-refractivity contribution in [2.45, 2.75) is 12.8 Å². The number of nitrogens with one attached hydrogen (secondary N) is 1. The smallest absolute Gasteiger partial charge is 0.0379 e. The molecule has 0 saturated carbocycles. The average Bonchev–Trinajstić information content (AvgIpc) is 2.14. The third-order valence-electron chi connectivity index (χ3n) is 1.51. The van der Waals surface area contributed by atoms with E-state index in [2.05, 4.69) is 18.3 Å². The van der Waals surface area contributed by atoms with Crippen LogP contribution in [0.3, 0.4) is 0 Å². The summed E-state index contributed by atoms with van der Waals surface area (Å²) in [4.78, 5) is 0. The van der Waals surface area contributed by atoms with E-state index in [-0.39, 0.29) is 0 Å². The van der Waals surface area contributed by atoms with Gasteiger partial charge in [-0.3, -0.25) is 0 Å². The van der Waals surface area contributed by atoms with Gasteiger partial charge in [-0.2, -0.15) is 0 Å². The maximum Gasteiger partial charge on any atom is 0.0379 e. The zero-order chi connectivity index (χ0) is 8.65. The molecule has 0 aliphatic rings. The van der Waals surface area contributed by atoms with Crippen LogP contribution in [0.5, 0.6) is 0 Å². The largest absolute Gasteiger partial charge is 0.362 e. The first kappa shape index (κ1) is 8.85. The van der Waals surface area contributed by atoms with Gasteiger partial charge >= 0.3 is 0 Å². The van der Waals surface area contributed by atoms with Crippen LogP contribution < -0.4 is 5.32 Å². The quantitative estimate of drug-likeness (QED) is 0.713. The second-order valence-corrected chi connectivity index (χ2v) is 2.55. The average molecular weight is 160 g/mol. The number of para-hydroxylation sites is 1. The van der Waals surface area contributed by atoms with Gasteiger partial charge in [0.1, 0.15) is 0 Å². The summed E-state index contributed by atoms with van der Waals surface area (Å²) < 4.78 is 0. The van der Waals surface area contributed by atoms with Crippen molar-refractivity contribution in [1.29, 1.82) is 0 Å². The Morgan fingerprint density at radius 2 is 2.00 bits per heavy atom. The van der Waals surface area contributed by atoms with E-state index in [0.29, 0.717) is 0 Å². The minimum atomic E-state index is 0.951. The molecule has 0 bridgehead atoms. The number of unbranched alkanes of at least 4 members (excludes halogenated alkanes) is 1. The summed E-state index contributed by atoms with van der Waals surface area (Å²) in [7, 11) is 0. The van der Waals surface area contributed by atoms with Crippen molar-refractivity contribution in [3.05, 3.63) is 49.5 Å². The van der Waals surface area contributed by atoms with Crippen molar-refractivity contribution in [2.24, 2.45) is 0 Å². The number of anilines is 1. The molecule has 0 saturated heterocycles. The Morgan fingerprint density at radius 1 is 1.25 bits per heavy atom. The van der Waals surface area contributed by atoms with Gasteiger partial charge in [0.15, 0.2) is 0 Å². The van der Waals surface area contributed by atoms with Crippen LogP contribution in [-0.2, 0) is 0 Å². The molecular weight excluding hydrogens is 146 g/mol. The van der Waals surface area contributed by atoms with Crippen molar-refractivity contribution < 1.29 is 0 Å². The van der Waals surface area contributed by atoms with Gasteiger partial charge in [0.25, 0.3) is 0 Å². The first-order valence-electron chi connectivity index (χ1n) is 4.19. The summed E-state index contributed by atoms with van der Waals surface area (Å²) in [6, 6.07) is 10.1. The molecule has 12 heavy (non-hydrogen) atoms. The summed E-state index contributed by atoms with van der Waals surface area (Å²) in [6.45, 7) is 3.75. The van der Waals surface area contributed by atoms with E-state index in [4.69, 9.17) is 0 Å². The Morgan fingerprint density at radius 3 is 2.67 bits per heavy atom. The second-order valence-electron chi connectivity index (χ2n) is 2.55. The molecule has 0 heterocycles. The zero-order valence-electron chi connectivity index (χ0n) is 7.16. The summed E-state index contributed by atoms with van der Waals surface area (Å²) in [6.07, 6.45) is 6.02. The van der Waals surface area contributed by atoms with Crippen LogP contribution >= 0.6 is 0 Å². The van der Waals surface area contributed by atoms with E-state index in [0.717, 1.165) is 18.5 Å². The molecule has 63 valence electrons. The Balaban J connectivity index is 2.33. The molecular formula is C11H14N. The number of hydrogen-bond donors (Lipinski definition) is 1. The van der Waals surface area contributed by atoms with E-state index in [1.807, 2.05) is 36.5 Å². The maximum absolute atomic E-state index is 3.75. The molecule has 1 heteroatoms. The lowest BCUT2D eigenvalue weighted by molar-refractivity contribution is 1.05. The topological polar surface area (TPSA) is 12.0 Å². The van der Waals surface area contributed by atoms with Gasteiger partial charge in [-0.05, 0) is 31.2 Å². The van der Waals surface area contributed by atoms with Crippen molar-refractivity contribution in [1.82, 2.24) is 0 Å². The number of allylic oxidation sites excluding steroid dienone is 1. The maximum atomic E-state index is 3.75. The van der Waals surface area contributed by atoms with Gasteiger partial charge < -0.3 is 5.32 Å². The Labute approximate surface area is 74.1 Å². The van der Waals surface area contributed by atoms with Crippen LogP contribution in [0.2, 0.25) is 0 Å². The van der Waals surface area contributed by atoms with Gasteiger partial charge in [0, 0.05) is 5.69 Å². The monoisotopic (exact) mass is 160 g/mol. The van der Waals surface area contributed by atoms with Crippen LogP contribution in [0.15, 0.2) is 42.6 Å². The first-order valence-corrected chi connectivity index (χ1v) is 4.19. The van der Waals surface area contributed by atoms with Crippen LogP contribution in [0, 0.1) is 6.92 Å². The van der Waals surface area contributed by atoms with Gasteiger partial charge in [0.05, 0.1) is 0 Å². The lowest BCUT2D eigenvalue weighted by Crippen LogP contribution is -1.85. The van der Waals surface area contributed by atoms with Gasteiger partial charge in [-0.15, -0.1) is 0 Å². The number of benzene rings is 1. The third-order valence-corrected chi connectivity index (χ3v) is 1.51. The molecule has 0 unspecified atom stereocenters. The minimum Gasteiger partial charge on any atom is -0.362 e. The van der Waals surface area contributed by atoms with Gasteiger partial charge in [0.2, 0.25) is 0 Å². The molecule has 1 nitrogen and oxygen atoms in total. The van der Waals surface area contributed by atoms with Crippen molar-refractivity contribution in [3.8, 4) is 0 Å². The molecule has 1 rings (SSSR count). The van der Waals surface area contributed by atoms with Crippen molar-refractivity contribution in [3.63, 3.8) is 0 Å². The van der Waals surface area contributed by atoms with Crippen LogP contribution in [0.1, 0.15) is 12.8 Å². The van der Waals surface area contributed by atoms with Crippen LogP contribution in [-0.4, -0.2) is 0 Å². The summed E-state index contributed by atoms with van der Waals surface area (Å²) in [5, 5.41) is 3.17. The molecule has 1 N–H and O–H groups in total. The normalized spacial score (nSPS) is 10.4. The molecule has 1 aromatic carbocycles. The Kier molecular flexibility index (Phi) is 4.00. The zero-order valence-corrected chi connectivity index (χ0v) is 7.16. The van der Waals surface area contributed by atoms with Gasteiger partial charge in [-0.25, -0.2) is 0 Å². The second kappa shape index (κ2) is 5.42. The fourth-order valence-corrected chi connectivity index (χ4v) is 0.891. The molecule has 0 aromatic heterocycles. The number of rotatable bonds is 4. The molecule has 0 amide bonds. The number of hydrogen-bond acceptors (Lipinski definition) is 1. The van der Waals surface area contributed by atoms with E-state index in [9.17, 15) is 0 Å². The third kappa shape index (κ3) is 3.24. The molecule has 1 radical (unpaired) electrons. The SMILES string of the molecule is [CH2]CCC=CNc1ccccc1. The van der Waals surface area contributed by atoms with Crippen molar-refractivity contribution in [2.75, 3.05) is 5.32 Å². The van der Waals surface area contributed by atoms with Gasteiger partial charge in [-0.1, -0.05) is 31.2 Å². The fourth-order valence-electron chi connectivity index (χ4n) is 0.891. The standard InChI is InChI=1S/C11H14N/c1-2-3-7-10-12-11-8-5-4-6-9-11/h4-10,12H,1-3H2. The molecule has 0 fully saturated rings. The van der Waals surface area contributed by atoms with Crippen LogP contribution in [0.4, 0.5) is 5.69 Å². The highest BCUT2D eigenvalue weighted by Crippen LogP contribution is 2.04. The lowest BCUT2D eigenvalue weighted by Gasteiger charge is -1.97. The summed E-state index contributed by atoms with van der Waals surface area (Å²) >= 11 is 0. The molecule has 0 aliphatic carbocycles. The highest BCUT2D eigenvalue weighted by atomic mass is 14.8. The predicted molar refractivity (Wildman–Crippen MR) is 53.8 cm³/mol. The molecule has 0 spiro atoms. The van der Waals surface area contributed by atoms with Crippen molar-refractivity contribution >= 4 is 5.69 Å². The summed E-state index contributed by atoms with van der Waals surface area (Å²) in [5.41, 5.74) is 1.12. The van der Waals surface area contributed by atoms with E-state index in [1.54, 1.807) is 0 Å². The molecule has 1 aromatic rings. The Bertz CT molecular complexity index is 226. The van der Waals surface area contributed by atoms with E-state index in [1.165, 1.54) is 0 Å². The minimum absolute atomic E-state index is 0.951. The highest BCUT2D eigenvalue weighted by molar-refractivity contribution is 5.44. The molecule has 0 atom stereocenters. The predicted octanol–water partition coefficient (Wildman–Crippen LogP) is 3.23. The Hall–Kier alpha value is -1.24. The summed E-state index contributed by atoms with van der Waals surface area (Å²) in [5.74, 6) is 0. The first-order chi connectivity index (χ1) is 5.93. The lowest BCUT2D eigenvalue weighted by atomic mass is 10.3. The van der Waals surface area contributed by atoms with Crippen LogP contribution in [0.25, 0.3) is 0 Å². The highest BCUT2D eigenvalue weighted by Gasteiger charge is 1.81. The fraction of sp³-hybridized carbons (Fsp3) is 0.182. The van der Waals surface area contributed by atoms with E-state index < -0.39 is 0 Å².